The zero-order chi connectivity index (χ0) is 43.6. The predicted molar refractivity (Wildman–Crippen MR) is 269 cm³/mol. The Morgan fingerprint density at radius 1 is 0.227 bits per heavy atom. The molecule has 310 valence electrons. The van der Waals surface area contributed by atoms with Crippen LogP contribution in [0.3, 0.4) is 0 Å². The van der Waals surface area contributed by atoms with E-state index < -0.39 is 0 Å². The minimum absolute atomic E-state index is 0.269. The fraction of sp³-hybridized carbons (Fsp3) is 0. The topological polar surface area (TPSA) is 19.7 Å². The fourth-order valence-electron chi connectivity index (χ4n) is 10.9. The SMILES string of the molecule is Fc1ccc2c3ccc4c5cc(-c6ccc7c(c6)c6ccc8c9ccc(F)cc9n(-c9ccccc9)c8c6n7-c6ccccc6)ccc5n(-c5ccccc5)c4c3n(-c3ccccc3)c2c1. The van der Waals surface area contributed by atoms with E-state index in [1.165, 1.54) is 0 Å². The van der Waals surface area contributed by atoms with Gasteiger partial charge in [0.25, 0.3) is 0 Å². The smallest absolute Gasteiger partial charge is 0.125 e. The molecule has 4 heterocycles. The molecule has 0 amide bonds. The number of benzene rings is 10. The van der Waals surface area contributed by atoms with Gasteiger partial charge in [0.15, 0.2) is 0 Å². The Hall–Kier alpha value is -8.74. The van der Waals surface area contributed by atoms with Gasteiger partial charge in [-0.25, -0.2) is 8.78 Å². The molecule has 66 heavy (non-hydrogen) atoms. The van der Waals surface area contributed by atoms with Crippen LogP contribution in [-0.2, 0) is 0 Å². The average molecular weight is 851 g/mol. The number of hydrogen-bond acceptors (Lipinski definition) is 0. The normalized spacial score (nSPS) is 12.1. The largest absolute Gasteiger partial charge is 0.307 e. The lowest BCUT2D eigenvalue weighted by Crippen LogP contribution is -1.98. The Balaban J connectivity index is 1.06. The van der Waals surface area contributed by atoms with Crippen LogP contribution in [0.2, 0.25) is 0 Å². The minimum atomic E-state index is -0.269. The van der Waals surface area contributed by atoms with Gasteiger partial charge < -0.3 is 18.3 Å². The first-order valence-electron chi connectivity index (χ1n) is 22.2. The first kappa shape index (κ1) is 36.7. The highest BCUT2D eigenvalue weighted by molar-refractivity contribution is 6.26. The molecule has 10 aromatic carbocycles. The van der Waals surface area contributed by atoms with Crippen molar-refractivity contribution in [3.8, 4) is 33.9 Å². The Labute approximate surface area is 376 Å². The summed E-state index contributed by atoms with van der Waals surface area (Å²) in [6.45, 7) is 0. The van der Waals surface area contributed by atoms with Crippen molar-refractivity contribution in [2.75, 3.05) is 0 Å². The van der Waals surface area contributed by atoms with Crippen molar-refractivity contribution in [3.63, 3.8) is 0 Å². The maximum Gasteiger partial charge on any atom is 0.125 e. The lowest BCUT2D eigenvalue weighted by Gasteiger charge is -2.12. The zero-order valence-electron chi connectivity index (χ0n) is 35.3. The Kier molecular flexibility index (Phi) is 7.72. The van der Waals surface area contributed by atoms with Crippen LogP contribution in [0.15, 0.2) is 218 Å². The molecule has 0 fully saturated rings. The molecule has 0 unspecified atom stereocenters. The van der Waals surface area contributed by atoms with Crippen molar-refractivity contribution in [1.29, 1.82) is 0 Å². The molecular weight excluding hydrogens is 815 g/mol. The Morgan fingerprint density at radius 2 is 0.515 bits per heavy atom. The summed E-state index contributed by atoms with van der Waals surface area (Å²) in [5.74, 6) is -0.538. The number of halogens is 2. The van der Waals surface area contributed by atoms with E-state index in [1.807, 2.05) is 60.7 Å². The lowest BCUT2D eigenvalue weighted by molar-refractivity contribution is 0.629. The van der Waals surface area contributed by atoms with Gasteiger partial charge in [-0.1, -0.05) is 109 Å². The Morgan fingerprint density at radius 3 is 0.848 bits per heavy atom. The third-order valence-electron chi connectivity index (χ3n) is 13.6. The minimum Gasteiger partial charge on any atom is -0.307 e. The van der Waals surface area contributed by atoms with Gasteiger partial charge in [0.2, 0.25) is 0 Å². The molecule has 14 aromatic rings. The molecule has 0 N–H and O–H groups in total. The highest BCUT2D eigenvalue weighted by Gasteiger charge is 2.24. The summed E-state index contributed by atoms with van der Waals surface area (Å²) in [5.41, 5.74) is 14.2. The van der Waals surface area contributed by atoms with E-state index in [0.717, 1.165) is 121 Å². The monoisotopic (exact) mass is 850 g/mol. The summed E-state index contributed by atoms with van der Waals surface area (Å²) < 4.78 is 39.5. The zero-order valence-corrected chi connectivity index (χ0v) is 35.3. The molecule has 14 rings (SSSR count). The number of nitrogens with zero attached hydrogens (tertiary/aromatic N) is 4. The molecular formula is C60H36F2N4. The van der Waals surface area contributed by atoms with Crippen molar-refractivity contribution in [2.24, 2.45) is 0 Å². The summed E-state index contributed by atoms with van der Waals surface area (Å²) in [7, 11) is 0. The maximum atomic E-state index is 15.1. The highest BCUT2D eigenvalue weighted by Crippen LogP contribution is 2.45. The summed E-state index contributed by atoms with van der Waals surface area (Å²) >= 11 is 0. The van der Waals surface area contributed by atoms with Crippen molar-refractivity contribution in [3.05, 3.63) is 230 Å². The molecule has 0 radical (unpaired) electrons. The van der Waals surface area contributed by atoms with Crippen LogP contribution < -0.4 is 0 Å². The molecule has 0 aliphatic rings. The van der Waals surface area contributed by atoms with E-state index >= 15 is 8.78 Å². The van der Waals surface area contributed by atoms with E-state index in [1.54, 1.807) is 24.3 Å². The van der Waals surface area contributed by atoms with Gasteiger partial charge in [-0.3, -0.25) is 0 Å². The number of rotatable bonds is 5. The number of fused-ring (bicyclic) bond motifs is 14. The second-order valence-electron chi connectivity index (χ2n) is 17.2. The third-order valence-corrected chi connectivity index (χ3v) is 13.6. The van der Waals surface area contributed by atoms with E-state index in [2.05, 4.69) is 152 Å². The predicted octanol–water partition coefficient (Wildman–Crippen LogP) is 16.0. The first-order valence-corrected chi connectivity index (χ1v) is 22.2. The maximum absolute atomic E-state index is 15.1. The van der Waals surface area contributed by atoms with Gasteiger partial charge in [0.1, 0.15) is 11.6 Å². The second-order valence-corrected chi connectivity index (χ2v) is 17.2. The van der Waals surface area contributed by atoms with Crippen LogP contribution in [-0.4, -0.2) is 18.3 Å². The van der Waals surface area contributed by atoms with E-state index in [9.17, 15) is 0 Å². The van der Waals surface area contributed by atoms with E-state index in [4.69, 9.17) is 0 Å². The van der Waals surface area contributed by atoms with Crippen molar-refractivity contribution in [2.45, 2.75) is 0 Å². The molecule has 0 saturated heterocycles. The molecule has 0 spiro atoms. The molecule has 0 aliphatic heterocycles. The van der Waals surface area contributed by atoms with Crippen LogP contribution in [0, 0.1) is 11.6 Å². The van der Waals surface area contributed by atoms with Crippen LogP contribution in [0.1, 0.15) is 0 Å². The summed E-state index contributed by atoms with van der Waals surface area (Å²) in [6.07, 6.45) is 0. The van der Waals surface area contributed by atoms with Crippen LogP contribution >= 0.6 is 0 Å². The van der Waals surface area contributed by atoms with Crippen LogP contribution in [0.25, 0.3) is 121 Å². The number of hydrogen-bond donors (Lipinski definition) is 0. The van der Waals surface area contributed by atoms with E-state index in [-0.39, 0.29) is 11.6 Å². The van der Waals surface area contributed by atoms with Gasteiger partial charge in [-0.2, -0.15) is 0 Å². The number of aromatic nitrogens is 4. The van der Waals surface area contributed by atoms with Crippen LogP contribution in [0.4, 0.5) is 8.78 Å². The molecule has 0 bridgehead atoms. The molecule has 0 aliphatic carbocycles. The third kappa shape index (κ3) is 5.18. The van der Waals surface area contributed by atoms with Crippen molar-refractivity contribution < 1.29 is 8.78 Å². The van der Waals surface area contributed by atoms with E-state index in [0.29, 0.717) is 0 Å². The fourth-order valence-corrected chi connectivity index (χ4v) is 10.9. The van der Waals surface area contributed by atoms with Gasteiger partial charge in [0.05, 0.1) is 44.1 Å². The van der Waals surface area contributed by atoms with Crippen molar-refractivity contribution in [1.82, 2.24) is 18.3 Å². The van der Waals surface area contributed by atoms with Gasteiger partial charge in [-0.15, -0.1) is 0 Å². The standard InChI is InChI=1S/C60H36F2N4/c61-39-23-25-45-47-27-29-49-51-33-37(21-31-53(51)63(41-13-5-1-6-14-41)59(49)57(47)65(55(45)35-39)43-17-9-3-10-18-43)38-22-32-54-52(34-38)50-30-28-48-46-26-24-40(62)36-56(46)66(44-19-11-4-12-20-44)58(48)60(50)64(54)42-15-7-2-8-16-42/h1-36H. The molecule has 4 aromatic heterocycles. The summed E-state index contributed by atoms with van der Waals surface area (Å²) in [5, 5.41) is 8.59. The number of para-hydroxylation sites is 4. The van der Waals surface area contributed by atoms with Gasteiger partial charge >= 0.3 is 0 Å². The summed E-state index contributed by atoms with van der Waals surface area (Å²) in [4.78, 5) is 0. The molecule has 0 saturated carbocycles. The van der Waals surface area contributed by atoms with Gasteiger partial charge in [-0.05, 0) is 120 Å². The van der Waals surface area contributed by atoms with Crippen LogP contribution in [0.5, 0.6) is 0 Å². The van der Waals surface area contributed by atoms with Gasteiger partial charge in [0, 0.05) is 65.8 Å². The second kappa shape index (κ2) is 13.9. The molecule has 0 atom stereocenters. The Bertz CT molecular complexity index is 4000. The molecule has 6 heteroatoms. The molecule has 4 nitrogen and oxygen atoms in total. The quantitative estimate of drug-likeness (QED) is 0.164. The average Bonchev–Trinajstić information content (AvgIpc) is 4.09. The summed E-state index contributed by atoms with van der Waals surface area (Å²) in [6, 6.07) is 74.3. The highest BCUT2D eigenvalue weighted by atomic mass is 19.1. The first-order chi connectivity index (χ1) is 32.6. The van der Waals surface area contributed by atoms with Crippen molar-refractivity contribution >= 4 is 87.2 Å². The lowest BCUT2D eigenvalue weighted by atomic mass is 10.00.